The Balaban J connectivity index is 2.35. The fraction of sp³-hybridized carbons (Fsp3) is 0.100. The molecule has 0 atom stereocenters. The zero-order chi connectivity index (χ0) is 15.6. The van der Waals surface area contributed by atoms with Gasteiger partial charge in [-0.1, -0.05) is 0 Å². The van der Waals surface area contributed by atoms with Gasteiger partial charge in [0.25, 0.3) is 0 Å². The molecule has 0 saturated carbocycles. The average molecular weight is 318 g/mol. The summed E-state index contributed by atoms with van der Waals surface area (Å²) in [5.41, 5.74) is -0.728. The SMILES string of the molecule is O=[N+]([O-])c1cc(S(=O)(=O)NCc2cnc[nH]2)c(F)cc1F. The smallest absolute Gasteiger partial charge is 0.306 e. The van der Waals surface area contributed by atoms with Crippen molar-refractivity contribution in [2.45, 2.75) is 11.4 Å². The van der Waals surface area contributed by atoms with E-state index in [4.69, 9.17) is 0 Å². The second-order valence-corrected chi connectivity index (χ2v) is 5.63. The molecule has 112 valence electrons. The van der Waals surface area contributed by atoms with Gasteiger partial charge in [-0.15, -0.1) is 0 Å². The second kappa shape index (κ2) is 5.54. The topological polar surface area (TPSA) is 118 Å². The van der Waals surface area contributed by atoms with Crippen LogP contribution in [0, 0.1) is 21.7 Å². The third-order valence-electron chi connectivity index (χ3n) is 2.50. The fourth-order valence-electron chi connectivity index (χ4n) is 1.50. The second-order valence-electron chi connectivity index (χ2n) is 3.89. The number of aromatic nitrogens is 2. The number of rotatable bonds is 5. The van der Waals surface area contributed by atoms with Gasteiger partial charge in [0.1, 0.15) is 10.7 Å². The van der Waals surface area contributed by atoms with Crippen molar-refractivity contribution in [3.05, 3.63) is 52.1 Å². The molecule has 0 unspecified atom stereocenters. The van der Waals surface area contributed by atoms with E-state index in [1.54, 1.807) is 0 Å². The summed E-state index contributed by atoms with van der Waals surface area (Å²) >= 11 is 0. The number of nitro groups is 1. The van der Waals surface area contributed by atoms with E-state index < -0.39 is 37.2 Å². The highest BCUT2D eigenvalue weighted by Crippen LogP contribution is 2.24. The number of H-pyrrole nitrogens is 1. The van der Waals surface area contributed by atoms with Gasteiger partial charge in [0, 0.05) is 24.0 Å². The van der Waals surface area contributed by atoms with E-state index in [2.05, 4.69) is 9.97 Å². The van der Waals surface area contributed by atoms with Crippen molar-refractivity contribution in [2.75, 3.05) is 0 Å². The summed E-state index contributed by atoms with van der Waals surface area (Å²) in [6, 6.07) is 0.489. The van der Waals surface area contributed by atoms with Gasteiger partial charge >= 0.3 is 5.69 Å². The molecule has 0 aliphatic heterocycles. The van der Waals surface area contributed by atoms with E-state index in [1.807, 2.05) is 4.72 Å². The lowest BCUT2D eigenvalue weighted by Crippen LogP contribution is -2.24. The molecule has 11 heteroatoms. The van der Waals surface area contributed by atoms with Crippen molar-refractivity contribution in [1.82, 2.24) is 14.7 Å². The summed E-state index contributed by atoms with van der Waals surface area (Å²) in [7, 11) is -4.38. The molecule has 0 radical (unpaired) electrons. The van der Waals surface area contributed by atoms with E-state index in [1.165, 1.54) is 12.5 Å². The van der Waals surface area contributed by atoms with Crippen molar-refractivity contribution in [2.24, 2.45) is 0 Å². The number of nitro benzene ring substituents is 1. The Labute approximate surface area is 117 Å². The van der Waals surface area contributed by atoms with Gasteiger partial charge in [-0.2, -0.15) is 4.39 Å². The molecule has 0 fully saturated rings. The third-order valence-corrected chi connectivity index (χ3v) is 3.91. The molecule has 0 aliphatic carbocycles. The maximum atomic E-state index is 13.6. The molecular weight excluding hydrogens is 310 g/mol. The highest BCUT2D eigenvalue weighted by atomic mass is 32.2. The van der Waals surface area contributed by atoms with Gasteiger partial charge in [-0.3, -0.25) is 10.1 Å². The standard InChI is InChI=1S/C10H8F2N4O4S/c11-7-1-8(12)10(2-9(7)16(17)18)21(19,20)15-4-6-3-13-5-14-6/h1-3,5,15H,4H2,(H,13,14). The zero-order valence-electron chi connectivity index (χ0n) is 10.2. The Bertz CT molecular complexity index is 777. The predicted octanol–water partition coefficient (Wildman–Crippen LogP) is 1.07. The largest absolute Gasteiger partial charge is 0.347 e. The first-order chi connectivity index (χ1) is 9.81. The molecule has 1 heterocycles. The Morgan fingerprint density at radius 3 is 2.62 bits per heavy atom. The molecule has 2 rings (SSSR count). The lowest BCUT2D eigenvalue weighted by Gasteiger charge is -2.07. The first-order valence-electron chi connectivity index (χ1n) is 5.41. The van der Waals surface area contributed by atoms with E-state index in [0.29, 0.717) is 11.8 Å². The van der Waals surface area contributed by atoms with Gasteiger partial charge in [-0.05, 0) is 0 Å². The monoisotopic (exact) mass is 318 g/mol. The molecule has 21 heavy (non-hydrogen) atoms. The summed E-state index contributed by atoms with van der Waals surface area (Å²) in [6.07, 6.45) is 2.65. The lowest BCUT2D eigenvalue weighted by atomic mass is 10.3. The van der Waals surface area contributed by atoms with Crippen LogP contribution in [-0.4, -0.2) is 23.3 Å². The minimum Gasteiger partial charge on any atom is -0.347 e. The van der Waals surface area contributed by atoms with Gasteiger partial charge in [0.05, 0.1) is 17.8 Å². The van der Waals surface area contributed by atoms with E-state index in [9.17, 15) is 27.3 Å². The van der Waals surface area contributed by atoms with Crippen LogP contribution in [0.4, 0.5) is 14.5 Å². The van der Waals surface area contributed by atoms with Gasteiger partial charge < -0.3 is 4.98 Å². The molecule has 0 amide bonds. The number of hydrogen-bond donors (Lipinski definition) is 2. The van der Waals surface area contributed by atoms with Crippen molar-refractivity contribution < 1.29 is 22.1 Å². The predicted molar refractivity (Wildman–Crippen MR) is 65.6 cm³/mol. The average Bonchev–Trinajstić information content (AvgIpc) is 2.88. The van der Waals surface area contributed by atoms with Crippen LogP contribution in [0.25, 0.3) is 0 Å². The molecule has 8 nitrogen and oxygen atoms in total. The minimum atomic E-state index is -4.38. The number of nitrogens with one attached hydrogen (secondary N) is 2. The number of sulfonamides is 1. The normalized spacial score (nSPS) is 11.5. The van der Waals surface area contributed by atoms with Crippen LogP contribution in [0.2, 0.25) is 0 Å². The number of imidazole rings is 1. The quantitative estimate of drug-likeness (QED) is 0.631. The molecule has 0 spiro atoms. The number of benzene rings is 1. The summed E-state index contributed by atoms with van der Waals surface area (Å²) in [5, 5.41) is 10.6. The van der Waals surface area contributed by atoms with Crippen LogP contribution in [0.3, 0.4) is 0 Å². The van der Waals surface area contributed by atoms with Crippen molar-refractivity contribution in [3.8, 4) is 0 Å². The highest BCUT2D eigenvalue weighted by Gasteiger charge is 2.26. The maximum Gasteiger partial charge on any atom is 0.306 e. The molecule has 0 aliphatic rings. The van der Waals surface area contributed by atoms with Crippen LogP contribution in [0.5, 0.6) is 0 Å². The first kappa shape index (κ1) is 15.0. The highest BCUT2D eigenvalue weighted by molar-refractivity contribution is 7.89. The number of aromatic amines is 1. The zero-order valence-corrected chi connectivity index (χ0v) is 11.0. The Kier molecular flexibility index (Phi) is 3.95. The molecule has 1 aromatic carbocycles. The fourth-order valence-corrected chi connectivity index (χ4v) is 2.58. The van der Waals surface area contributed by atoms with Crippen molar-refractivity contribution in [1.29, 1.82) is 0 Å². The van der Waals surface area contributed by atoms with E-state index >= 15 is 0 Å². The third kappa shape index (κ3) is 3.20. The van der Waals surface area contributed by atoms with Crippen LogP contribution >= 0.6 is 0 Å². The van der Waals surface area contributed by atoms with Crippen molar-refractivity contribution >= 4 is 15.7 Å². The molecule has 0 saturated heterocycles. The van der Waals surface area contributed by atoms with E-state index in [-0.39, 0.29) is 12.6 Å². The number of nitrogens with zero attached hydrogens (tertiary/aromatic N) is 2. The van der Waals surface area contributed by atoms with E-state index in [0.717, 1.165) is 0 Å². The molecule has 2 aromatic rings. The summed E-state index contributed by atoms with van der Waals surface area (Å²) in [5.74, 6) is -2.87. The Morgan fingerprint density at radius 1 is 1.33 bits per heavy atom. The minimum absolute atomic E-state index is 0.156. The number of hydrogen-bond acceptors (Lipinski definition) is 5. The van der Waals surface area contributed by atoms with Crippen molar-refractivity contribution in [3.63, 3.8) is 0 Å². The Morgan fingerprint density at radius 2 is 2.05 bits per heavy atom. The molecule has 1 aromatic heterocycles. The van der Waals surface area contributed by atoms with Gasteiger partial charge in [0.2, 0.25) is 15.8 Å². The molecule has 2 N–H and O–H groups in total. The van der Waals surface area contributed by atoms with Crippen LogP contribution < -0.4 is 4.72 Å². The van der Waals surface area contributed by atoms with Crippen LogP contribution in [0.1, 0.15) is 5.69 Å². The van der Waals surface area contributed by atoms with Crippen LogP contribution in [-0.2, 0) is 16.6 Å². The van der Waals surface area contributed by atoms with Crippen LogP contribution in [0.15, 0.2) is 29.6 Å². The lowest BCUT2D eigenvalue weighted by molar-refractivity contribution is -0.387. The summed E-state index contributed by atoms with van der Waals surface area (Å²) in [6.45, 7) is -0.229. The first-order valence-corrected chi connectivity index (χ1v) is 6.90. The Hall–Kier alpha value is -2.40. The summed E-state index contributed by atoms with van der Waals surface area (Å²) < 4.78 is 52.5. The van der Waals surface area contributed by atoms with Gasteiger partial charge in [0.15, 0.2) is 0 Å². The molecular formula is C10H8F2N4O4S. The number of halogens is 2. The molecule has 0 bridgehead atoms. The summed E-state index contributed by atoms with van der Waals surface area (Å²) in [4.78, 5) is 14.7. The maximum absolute atomic E-state index is 13.6. The van der Waals surface area contributed by atoms with Gasteiger partial charge in [-0.25, -0.2) is 22.5 Å².